The zero-order valence-electron chi connectivity index (χ0n) is 17.7. The number of hydrogen-bond acceptors (Lipinski definition) is 5. The summed E-state index contributed by atoms with van der Waals surface area (Å²) in [4.78, 5) is 37.6. The number of benzene rings is 1. The van der Waals surface area contributed by atoms with Crippen LogP contribution in [0.5, 0.6) is 0 Å². The smallest absolute Gasteiger partial charge is 0.417 e. The first-order chi connectivity index (χ1) is 12.9. The van der Waals surface area contributed by atoms with E-state index >= 15 is 0 Å². The van der Waals surface area contributed by atoms with Crippen molar-refractivity contribution in [1.82, 2.24) is 4.90 Å². The van der Waals surface area contributed by atoms with E-state index in [4.69, 9.17) is 9.47 Å². The van der Waals surface area contributed by atoms with E-state index in [9.17, 15) is 14.4 Å². The first-order valence-electron chi connectivity index (χ1n) is 9.33. The summed E-state index contributed by atoms with van der Waals surface area (Å²) >= 11 is 0. The molecule has 7 heteroatoms. The lowest BCUT2D eigenvalue weighted by molar-refractivity contribution is -0.159. The molecule has 0 bridgehead atoms. The number of ether oxygens (including phenoxy) is 2. The Kier molecular flexibility index (Phi) is 8.17. The molecule has 1 rings (SSSR count). The Morgan fingerprint density at radius 2 is 1.71 bits per heavy atom. The van der Waals surface area contributed by atoms with Gasteiger partial charge in [0.05, 0.1) is 21.2 Å². The average Bonchev–Trinajstić information content (AvgIpc) is 2.58. The number of hydrogen-bond donors (Lipinski definition) is 0. The molecule has 0 aromatic heterocycles. The minimum Gasteiger partial charge on any atom is -0.459 e. The summed E-state index contributed by atoms with van der Waals surface area (Å²) in [7, 11) is -1.61. The zero-order chi connectivity index (χ0) is 21.5. The van der Waals surface area contributed by atoms with Gasteiger partial charge in [0.2, 0.25) is 0 Å². The second kappa shape index (κ2) is 9.68. The maximum Gasteiger partial charge on any atom is 0.417 e. The monoisotopic (exact) mass is 405 g/mol. The summed E-state index contributed by atoms with van der Waals surface area (Å²) in [6.45, 7) is 15.0. The van der Waals surface area contributed by atoms with E-state index < -0.39 is 31.6 Å². The zero-order valence-corrected chi connectivity index (χ0v) is 18.7. The second-order valence-corrected chi connectivity index (χ2v) is 12.9. The molecule has 1 aromatic rings. The normalized spacial score (nSPS) is 11.5. The lowest BCUT2D eigenvalue weighted by Crippen LogP contribution is -2.44. The number of allylic oxidation sites excluding steroid dienone is 1. The summed E-state index contributed by atoms with van der Waals surface area (Å²) in [5.41, 5.74) is -0.0790. The van der Waals surface area contributed by atoms with Crippen LogP contribution in [0.2, 0.25) is 19.1 Å². The molecule has 0 spiro atoms. The Bertz CT molecular complexity index is 719. The quantitative estimate of drug-likeness (QED) is 0.313. The fourth-order valence-corrected chi connectivity index (χ4v) is 4.59. The van der Waals surface area contributed by atoms with Gasteiger partial charge in [-0.1, -0.05) is 48.6 Å². The molecule has 2 amide bonds. The summed E-state index contributed by atoms with van der Waals surface area (Å²) in [5.74, 6) is -2.12. The van der Waals surface area contributed by atoms with E-state index in [1.165, 1.54) is 5.19 Å². The molecule has 28 heavy (non-hydrogen) atoms. The van der Waals surface area contributed by atoms with Gasteiger partial charge in [0.1, 0.15) is 5.60 Å². The number of amides is 2. The summed E-state index contributed by atoms with van der Waals surface area (Å²) < 4.78 is 10.0. The third-order valence-electron chi connectivity index (χ3n) is 4.04. The van der Waals surface area contributed by atoms with Crippen LogP contribution >= 0.6 is 0 Å². The fraction of sp³-hybridized carbons (Fsp3) is 0.476. The number of rotatable bonds is 6. The van der Waals surface area contributed by atoms with Crippen LogP contribution in [0.3, 0.4) is 0 Å². The van der Waals surface area contributed by atoms with Gasteiger partial charge in [-0.25, -0.2) is 14.5 Å². The number of nitrogens with zero attached hydrogens (tertiary/aromatic N) is 1. The molecule has 0 aliphatic carbocycles. The molecule has 6 nitrogen and oxygen atoms in total. The van der Waals surface area contributed by atoms with Crippen molar-refractivity contribution in [2.45, 2.75) is 59.0 Å². The van der Waals surface area contributed by atoms with Crippen LogP contribution in [0.1, 0.15) is 33.3 Å². The van der Waals surface area contributed by atoms with Crippen molar-refractivity contribution in [2.24, 2.45) is 0 Å². The highest BCUT2D eigenvalue weighted by molar-refractivity contribution is 6.90. The van der Waals surface area contributed by atoms with Gasteiger partial charge in [-0.05, 0) is 39.3 Å². The highest BCUT2D eigenvalue weighted by Crippen LogP contribution is 2.15. The van der Waals surface area contributed by atoms with Crippen LogP contribution in [0.15, 0.2) is 36.9 Å². The second-order valence-electron chi connectivity index (χ2n) is 8.17. The average molecular weight is 406 g/mol. The van der Waals surface area contributed by atoms with Gasteiger partial charge in [-0.15, -0.1) is 6.58 Å². The van der Waals surface area contributed by atoms with Crippen LogP contribution in [-0.4, -0.2) is 43.2 Å². The number of esters is 1. The topological polar surface area (TPSA) is 72.9 Å². The Labute approximate surface area is 168 Å². The van der Waals surface area contributed by atoms with E-state index in [0.717, 1.165) is 16.5 Å². The third kappa shape index (κ3) is 6.96. The van der Waals surface area contributed by atoms with E-state index in [1.54, 1.807) is 27.7 Å². The van der Waals surface area contributed by atoms with E-state index in [1.807, 2.05) is 30.3 Å². The minimum absolute atomic E-state index is 0.0461. The predicted octanol–water partition coefficient (Wildman–Crippen LogP) is 3.61. The van der Waals surface area contributed by atoms with Crippen molar-refractivity contribution < 1.29 is 23.9 Å². The van der Waals surface area contributed by atoms with Crippen LogP contribution in [-0.2, 0) is 25.6 Å². The molecule has 0 atom stereocenters. The first kappa shape index (κ1) is 23.6. The fourth-order valence-electron chi connectivity index (χ4n) is 2.56. The molecule has 1 aromatic carbocycles. The van der Waals surface area contributed by atoms with Crippen LogP contribution in [0, 0.1) is 0 Å². The number of imide groups is 1. The molecule has 0 saturated carbocycles. The SMILES string of the molecule is C=CC[Si](C)(C)c1ccc(CN(C(=O)OC(C)(C)C)C(=O)C(=O)OCC)cc1. The minimum atomic E-state index is -1.61. The Morgan fingerprint density at radius 3 is 2.18 bits per heavy atom. The van der Waals surface area contributed by atoms with Gasteiger partial charge in [0, 0.05) is 0 Å². The van der Waals surface area contributed by atoms with Gasteiger partial charge in [-0.3, -0.25) is 4.79 Å². The van der Waals surface area contributed by atoms with Crippen LogP contribution in [0.4, 0.5) is 4.79 Å². The number of carbonyl (C=O) groups is 3. The van der Waals surface area contributed by atoms with Crippen molar-refractivity contribution in [3.05, 3.63) is 42.5 Å². The lowest BCUT2D eigenvalue weighted by Gasteiger charge is -2.26. The molecular formula is C21H31NO5Si. The van der Waals surface area contributed by atoms with Gasteiger partial charge >= 0.3 is 18.0 Å². The largest absolute Gasteiger partial charge is 0.459 e. The molecule has 0 aliphatic heterocycles. The molecule has 0 fully saturated rings. The summed E-state index contributed by atoms with van der Waals surface area (Å²) in [6.07, 6.45) is 1.05. The van der Waals surface area contributed by atoms with E-state index in [-0.39, 0.29) is 13.2 Å². The molecule has 0 heterocycles. The van der Waals surface area contributed by atoms with Crippen molar-refractivity contribution in [2.75, 3.05) is 6.61 Å². The first-order valence-corrected chi connectivity index (χ1v) is 12.5. The van der Waals surface area contributed by atoms with Crippen LogP contribution < -0.4 is 5.19 Å². The van der Waals surface area contributed by atoms with Gasteiger partial charge in [0.15, 0.2) is 0 Å². The van der Waals surface area contributed by atoms with E-state index in [2.05, 4.69) is 19.7 Å². The highest BCUT2D eigenvalue weighted by atomic mass is 28.3. The van der Waals surface area contributed by atoms with Crippen molar-refractivity contribution >= 4 is 31.2 Å². The van der Waals surface area contributed by atoms with Gasteiger partial charge in [-0.2, -0.15) is 0 Å². The molecule has 0 N–H and O–H groups in total. The molecule has 0 saturated heterocycles. The maximum atomic E-state index is 12.5. The van der Waals surface area contributed by atoms with Crippen molar-refractivity contribution in [1.29, 1.82) is 0 Å². The molecular weight excluding hydrogens is 374 g/mol. The number of carbonyl (C=O) groups excluding carboxylic acids is 3. The van der Waals surface area contributed by atoms with E-state index in [0.29, 0.717) is 0 Å². The highest BCUT2D eigenvalue weighted by Gasteiger charge is 2.32. The van der Waals surface area contributed by atoms with Gasteiger partial charge < -0.3 is 9.47 Å². The van der Waals surface area contributed by atoms with Crippen molar-refractivity contribution in [3.63, 3.8) is 0 Å². The molecule has 0 unspecified atom stereocenters. The standard InChI is InChI=1S/C21H31NO5Si/c1-8-14-28(6,7)17-12-10-16(11-13-17)15-22(18(23)19(24)26-9-2)20(25)27-21(3,4)5/h8,10-13H,1,9,14-15H2,2-7H3. The summed E-state index contributed by atoms with van der Waals surface area (Å²) in [5, 5.41) is 1.25. The Morgan fingerprint density at radius 1 is 1.14 bits per heavy atom. The van der Waals surface area contributed by atoms with Gasteiger partial charge in [0.25, 0.3) is 0 Å². The lowest BCUT2D eigenvalue weighted by atomic mass is 10.2. The third-order valence-corrected chi connectivity index (χ3v) is 7.25. The van der Waals surface area contributed by atoms with Crippen LogP contribution in [0.25, 0.3) is 0 Å². The Balaban J connectivity index is 3.08. The Hall–Kier alpha value is -2.41. The van der Waals surface area contributed by atoms with Crippen molar-refractivity contribution in [3.8, 4) is 0 Å². The molecule has 0 aliphatic rings. The predicted molar refractivity (Wildman–Crippen MR) is 112 cm³/mol. The summed E-state index contributed by atoms with van der Waals surface area (Å²) in [6, 6.07) is 8.70. The maximum absolute atomic E-state index is 12.5. The molecule has 154 valence electrons. The molecule has 0 radical (unpaired) electrons.